The Labute approximate surface area is 77.6 Å². The highest BCUT2D eigenvalue weighted by atomic mass is 19.3. The predicted molar refractivity (Wildman–Crippen MR) is 50.2 cm³/mol. The largest absolute Gasteiger partial charge is 0.270 e. The molecule has 1 aromatic carbocycles. The second kappa shape index (κ2) is 3.09. The van der Waals surface area contributed by atoms with E-state index in [4.69, 9.17) is 0 Å². The van der Waals surface area contributed by atoms with Gasteiger partial charge in [-0.3, -0.25) is 0 Å². The molecule has 2 heteroatoms. The van der Waals surface area contributed by atoms with Crippen molar-refractivity contribution >= 4 is 0 Å². The van der Waals surface area contributed by atoms with Gasteiger partial charge in [0.1, 0.15) is 0 Å². The zero-order chi connectivity index (χ0) is 10.2. The molecule has 0 N–H and O–H groups in total. The van der Waals surface area contributed by atoms with Crippen molar-refractivity contribution < 1.29 is 8.78 Å². The van der Waals surface area contributed by atoms with Crippen LogP contribution in [-0.4, -0.2) is 0 Å². The SMILES string of the molecule is Cc1cc(C)c(C(C)(F)F)cc1C. The lowest BCUT2D eigenvalue weighted by Crippen LogP contribution is -2.10. The highest BCUT2D eigenvalue weighted by Crippen LogP contribution is 2.31. The normalized spacial score (nSPS) is 11.8. The van der Waals surface area contributed by atoms with E-state index in [1.807, 2.05) is 19.9 Å². The molecule has 0 nitrogen and oxygen atoms in total. The van der Waals surface area contributed by atoms with Crippen LogP contribution in [0.5, 0.6) is 0 Å². The fourth-order valence-electron chi connectivity index (χ4n) is 1.43. The summed E-state index contributed by atoms with van der Waals surface area (Å²) in [6.07, 6.45) is 0. The molecule has 0 heterocycles. The van der Waals surface area contributed by atoms with E-state index in [0.717, 1.165) is 18.1 Å². The quantitative estimate of drug-likeness (QED) is 0.624. The van der Waals surface area contributed by atoms with E-state index < -0.39 is 5.92 Å². The van der Waals surface area contributed by atoms with Crippen molar-refractivity contribution in [2.45, 2.75) is 33.6 Å². The van der Waals surface area contributed by atoms with Crippen molar-refractivity contribution in [3.05, 3.63) is 34.4 Å². The van der Waals surface area contributed by atoms with E-state index in [1.54, 1.807) is 13.0 Å². The summed E-state index contributed by atoms with van der Waals surface area (Å²) in [6, 6.07) is 3.38. The third kappa shape index (κ3) is 2.06. The molecule has 0 atom stereocenters. The first-order valence-electron chi connectivity index (χ1n) is 4.28. The maximum absolute atomic E-state index is 13.0. The molecule has 0 aliphatic carbocycles. The summed E-state index contributed by atoms with van der Waals surface area (Å²) >= 11 is 0. The number of aryl methyl sites for hydroxylation is 3. The van der Waals surface area contributed by atoms with Gasteiger partial charge in [0.25, 0.3) is 5.92 Å². The summed E-state index contributed by atoms with van der Waals surface area (Å²) in [5.74, 6) is -2.73. The molecular weight excluding hydrogens is 170 g/mol. The fourth-order valence-corrected chi connectivity index (χ4v) is 1.43. The molecule has 0 radical (unpaired) electrons. The molecular formula is C11H14F2. The van der Waals surface area contributed by atoms with Crippen molar-refractivity contribution in [2.75, 3.05) is 0 Å². The topological polar surface area (TPSA) is 0 Å². The summed E-state index contributed by atoms with van der Waals surface area (Å²) in [6.45, 7) is 6.44. The van der Waals surface area contributed by atoms with E-state index >= 15 is 0 Å². The Morgan fingerprint density at radius 3 is 1.85 bits per heavy atom. The second-order valence-electron chi connectivity index (χ2n) is 3.64. The highest BCUT2D eigenvalue weighted by molar-refractivity contribution is 5.38. The minimum absolute atomic E-state index is 0.135. The number of hydrogen-bond acceptors (Lipinski definition) is 0. The Morgan fingerprint density at radius 1 is 0.923 bits per heavy atom. The van der Waals surface area contributed by atoms with Gasteiger partial charge in [0.2, 0.25) is 0 Å². The molecule has 0 bridgehead atoms. The molecule has 0 aromatic heterocycles. The number of alkyl halides is 2. The lowest BCUT2D eigenvalue weighted by Gasteiger charge is -2.15. The molecule has 0 amide bonds. The van der Waals surface area contributed by atoms with Crippen LogP contribution in [-0.2, 0) is 5.92 Å². The highest BCUT2D eigenvalue weighted by Gasteiger charge is 2.26. The Hall–Kier alpha value is -0.920. The van der Waals surface area contributed by atoms with Crippen LogP contribution in [0.15, 0.2) is 12.1 Å². The van der Waals surface area contributed by atoms with Crippen LogP contribution >= 0.6 is 0 Å². The van der Waals surface area contributed by atoms with Gasteiger partial charge in [-0.15, -0.1) is 0 Å². The van der Waals surface area contributed by atoms with Gasteiger partial charge in [-0.25, -0.2) is 8.78 Å². The monoisotopic (exact) mass is 184 g/mol. The molecule has 1 aromatic rings. The van der Waals surface area contributed by atoms with Crippen molar-refractivity contribution in [1.82, 2.24) is 0 Å². The Morgan fingerprint density at radius 2 is 1.38 bits per heavy atom. The Bertz CT molecular complexity index is 322. The maximum Gasteiger partial charge on any atom is 0.270 e. The number of rotatable bonds is 1. The lowest BCUT2D eigenvalue weighted by atomic mass is 9.97. The van der Waals surface area contributed by atoms with E-state index in [9.17, 15) is 8.78 Å². The van der Waals surface area contributed by atoms with Crippen LogP contribution in [0.3, 0.4) is 0 Å². The first-order chi connectivity index (χ1) is 5.82. The summed E-state index contributed by atoms with van der Waals surface area (Å²) in [5, 5.41) is 0. The molecule has 13 heavy (non-hydrogen) atoms. The average Bonchev–Trinajstić information content (AvgIpc) is 1.94. The van der Waals surface area contributed by atoms with Crippen LogP contribution < -0.4 is 0 Å². The van der Waals surface area contributed by atoms with Crippen LogP contribution in [0.25, 0.3) is 0 Å². The van der Waals surface area contributed by atoms with E-state index in [2.05, 4.69) is 0 Å². The van der Waals surface area contributed by atoms with Crippen molar-refractivity contribution in [2.24, 2.45) is 0 Å². The minimum atomic E-state index is -2.73. The van der Waals surface area contributed by atoms with Gasteiger partial charge < -0.3 is 0 Å². The summed E-state index contributed by atoms with van der Waals surface area (Å²) in [5.41, 5.74) is 2.78. The average molecular weight is 184 g/mol. The van der Waals surface area contributed by atoms with Crippen molar-refractivity contribution in [3.8, 4) is 0 Å². The summed E-state index contributed by atoms with van der Waals surface area (Å²) in [7, 11) is 0. The number of halogens is 2. The standard InChI is InChI=1S/C11H14F2/c1-7-5-9(3)10(6-8(7)2)11(4,12)13/h5-6H,1-4H3. The van der Waals surface area contributed by atoms with E-state index in [-0.39, 0.29) is 5.56 Å². The van der Waals surface area contributed by atoms with E-state index in [0.29, 0.717) is 5.56 Å². The van der Waals surface area contributed by atoms with Crippen LogP contribution in [0, 0.1) is 20.8 Å². The zero-order valence-electron chi connectivity index (χ0n) is 8.41. The number of hydrogen-bond donors (Lipinski definition) is 0. The van der Waals surface area contributed by atoms with Gasteiger partial charge in [-0.2, -0.15) is 0 Å². The van der Waals surface area contributed by atoms with Gasteiger partial charge >= 0.3 is 0 Å². The van der Waals surface area contributed by atoms with Gasteiger partial charge in [0.15, 0.2) is 0 Å². The van der Waals surface area contributed by atoms with Crippen LogP contribution in [0.2, 0.25) is 0 Å². The van der Waals surface area contributed by atoms with Gasteiger partial charge in [0, 0.05) is 12.5 Å². The van der Waals surface area contributed by atoms with Crippen molar-refractivity contribution in [1.29, 1.82) is 0 Å². The van der Waals surface area contributed by atoms with Crippen molar-refractivity contribution in [3.63, 3.8) is 0 Å². The van der Waals surface area contributed by atoms with Gasteiger partial charge in [0.05, 0.1) is 0 Å². The van der Waals surface area contributed by atoms with E-state index in [1.165, 1.54) is 0 Å². The number of benzene rings is 1. The molecule has 0 fully saturated rings. The van der Waals surface area contributed by atoms with Gasteiger partial charge in [-0.1, -0.05) is 6.07 Å². The first-order valence-corrected chi connectivity index (χ1v) is 4.28. The molecule has 0 spiro atoms. The molecule has 0 unspecified atom stereocenters. The Kier molecular flexibility index (Phi) is 2.42. The van der Waals surface area contributed by atoms with Crippen LogP contribution in [0.1, 0.15) is 29.2 Å². The fraction of sp³-hybridized carbons (Fsp3) is 0.455. The molecule has 0 aliphatic rings. The zero-order valence-corrected chi connectivity index (χ0v) is 8.41. The third-order valence-electron chi connectivity index (χ3n) is 2.31. The molecule has 0 aliphatic heterocycles. The minimum Gasteiger partial charge on any atom is -0.202 e. The Balaban J connectivity index is 3.32. The molecule has 72 valence electrons. The third-order valence-corrected chi connectivity index (χ3v) is 2.31. The first kappa shape index (κ1) is 10.2. The maximum atomic E-state index is 13.0. The second-order valence-corrected chi connectivity index (χ2v) is 3.64. The summed E-state index contributed by atoms with van der Waals surface area (Å²) in [4.78, 5) is 0. The summed E-state index contributed by atoms with van der Waals surface area (Å²) < 4.78 is 26.1. The molecule has 1 rings (SSSR count). The predicted octanol–water partition coefficient (Wildman–Crippen LogP) is 3.72. The molecule has 0 saturated heterocycles. The molecule has 0 saturated carbocycles. The lowest BCUT2D eigenvalue weighted by molar-refractivity contribution is 0.0167. The van der Waals surface area contributed by atoms with Crippen LogP contribution in [0.4, 0.5) is 8.78 Å². The van der Waals surface area contributed by atoms with Gasteiger partial charge in [-0.05, 0) is 43.5 Å². The smallest absolute Gasteiger partial charge is 0.202 e.